The van der Waals surface area contributed by atoms with Crippen LogP contribution in [-0.4, -0.2) is 9.97 Å². The summed E-state index contributed by atoms with van der Waals surface area (Å²) in [6.45, 7) is 7.71. The van der Waals surface area contributed by atoms with Crippen molar-refractivity contribution < 1.29 is 4.42 Å². The molecule has 0 bridgehead atoms. The molecule has 0 spiro atoms. The van der Waals surface area contributed by atoms with Gasteiger partial charge in [0.25, 0.3) is 0 Å². The van der Waals surface area contributed by atoms with Gasteiger partial charge >= 0.3 is 0 Å². The fourth-order valence-corrected chi connectivity index (χ4v) is 3.85. The molecule has 4 rings (SSSR count). The predicted octanol–water partition coefficient (Wildman–Crippen LogP) is 6.00. The molecular formula is C24H22ClN3O2. The highest BCUT2D eigenvalue weighted by molar-refractivity contribution is 6.29. The first kappa shape index (κ1) is 20.1. The molecule has 0 unspecified atom stereocenters. The van der Waals surface area contributed by atoms with Crippen molar-refractivity contribution >= 4 is 28.3 Å². The number of aromatic nitrogens is 2. The number of pyridine rings is 2. The molecule has 1 atom stereocenters. The smallest absolute Gasteiger partial charge is 0.196 e. The van der Waals surface area contributed by atoms with Gasteiger partial charge in [-0.2, -0.15) is 0 Å². The van der Waals surface area contributed by atoms with E-state index in [9.17, 15) is 4.79 Å². The fourth-order valence-electron chi connectivity index (χ4n) is 3.66. The Labute approximate surface area is 179 Å². The first-order chi connectivity index (χ1) is 14.3. The van der Waals surface area contributed by atoms with Crippen LogP contribution in [0.25, 0.3) is 22.3 Å². The van der Waals surface area contributed by atoms with Crippen LogP contribution < -0.4 is 10.7 Å². The van der Waals surface area contributed by atoms with E-state index in [1.807, 2.05) is 51.1 Å². The molecule has 30 heavy (non-hydrogen) atoms. The zero-order chi connectivity index (χ0) is 21.4. The Morgan fingerprint density at radius 3 is 2.63 bits per heavy atom. The third-order valence-corrected chi connectivity index (χ3v) is 5.42. The Balaban J connectivity index is 1.89. The van der Waals surface area contributed by atoms with Crippen LogP contribution in [0.5, 0.6) is 0 Å². The summed E-state index contributed by atoms with van der Waals surface area (Å²) in [5.74, 6) is 0.544. The van der Waals surface area contributed by atoms with Gasteiger partial charge in [0.15, 0.2) is 5.43 Å². The Bertz CT molecular complexity index is 1300. The second kappa shape index (κ2) is 7.92. The first-order valence-electron chi connectivity index (χ1n) is 9.73. The number of nitrogens with zero attached hydrogens (tertiary/aromatic N) is 2. The Hall–Kier alpha value is -3.18. The van der Waals surface area contributed by atoms with Crippen LogP contribution in [0.1, 0.15) is 35.3 Å². The summed E-state index contributed by atoms with van der Waals surface area (Å²) >= 11 is 5.98. The van der Waals surface area contributed by atoms with Crippen molar-refractivity contribution in [3.63, 3.8) is 0 Å². The largest absolute Gasteiger partial charge is 0.455 e. The van der Waals surface area contributed by atoms with Crippen molar-refractivity contribution in [1.29, 1.82) is 0 Å². The van der Waals surface area contributed by atoms with E-state index >= 15 is 0 Å². The Morgan fingerprint density at radius 1 is 1.13 bits per heavy atom. The van der Waals surface area contributed by atoms with Gasteiger partial charge in [-0.05, 0) is 63.6 Å². The van der Waals surface area contributed by atoms with E-state index in [2.05, 4.69) is 15.3 Å². The molecule has 0 radical (unpaired) electrons. The number of aryl methyl sites for hydroxylation is 2. The molecule has 0 fully saturated rings. The predicted molar refractivity (Wildman–Crippen MR) is 121 cm³/mol. The number of anilines is 1. The Kier molecular flexibility index (Phi) is 5.31. The zero-order valence-corrected chi connectivity index (χ0v) is 18.0. The van der Waals surface area contributed by atoms with Gasteiger partial charge in [-0.1, -0.05) is 17.7 Å². The summed E-state index contributed by atoms with van der Waals surface area (Å²) < 4.78 is 6.34. The number of benzene rings is 1. The summed E-state index contributed by atoms with van der Waals surface area (Å²) in [5.41, 5.74) is 5.48. The lowest BCUT2D eigenvalue weighted by Gasteiger charge is -2.19. The van der Waals surface area contributed by atoms with Gasteiger partial charge in [-0.3, -0.25) is 9.78 Å². The van der Waals surface area contributed by atoms with Gasteiger partial charge in [0.1, 0.15) is 16.5 Å². The number of halogens is 1. The molecule has 1 aromatic carbocycles. The molecule has 3 heterocycles. The van der Waals surface area contributed by atoms with E-state index in [1.165, 1.54) is 0 Å². The molecule has 4 aromatic rings. The van der Waals surface area contributed by atoms with Gasteiger partial charge in [-0.25, -0.2) is 4.98 Å². The van der Waals surface area contributed by atoms with Crippen molar-refractivity contribution in [2.45, 2.75) is 33.7 Å². The fraction of sp³-hybridized carbons (Fsp3) is 0.208. The lowest BCUT2D eigenvalue weighted by Crippen LogP contribution is -2.13. The summed E-state index contributed by atoms with van der Waals surface area (Å²) in [6, 6.07) is 11.2. The first-order valence-corrected chi connectivity index (χ1v) is 10.1. The summed E-state index contributed by atoms with van der Waals surface area (Å²) in [4.78, 5) is 21.6. The standard InChI is InChI=1S/C24H22ClN3O2/c1-13-10-18(15(3)27-20-7-8-21(25)28-16(20)4)24-19(11-13)22(29)14(2)23(30-24)17-6-5-9-26-12-17/h5-12,15,27H,1-4H3/t15-/m1/s1. The third kappa shape index (κ3) is 3.68. The number of rotatable bonds is 4. The average Bonchev–Trinajstić information content (AvgIpc) is 2.73. The van der Waals surface area contributed by atoms with E-state index in [-0.39, 0.29) is 11.5 Å². The number of hydrogen-bond donors (Lipinski definition) is 1. The lowest BCUT2D eigenvalue weighted by atomic mass is 9.99. The van der Waals surface area contributed by atoms with Gasteiger partial charge in [0.05, 0.1) is 22.8 Å². The van der Waals surface area contributed by atoms with Crippen molar-refractivity contribution in [2.75, 3.05) is 5.32 Å². The molecule has 0 amide bonds. The number of nitrogens with one attached hydrogen (secondary N) is 1. The van der Waals surface area contributed by atoms with Crippen LogP contribution in [0.2, 0.25) is 5.15 Å². The summed E-state index contributed by atoms with van der Waals surface area (Å²) in [5, 5.41) is 4.50. The summed E-state index contributed by atoms with van der Waals surface area (Å²) in [6.07, 6.45) is 3.40. The topological polar surface area (TPSA) is 68.0 Å². The maximum absolute atomic E-state index is 13.2. The molecule has 6 heteroatoms. The number of fused-ring (bicyclic) bond motifs is 1. The molecule has 0 saturated heterocycles. The van der Waals surface area contributed by atoms with Crippen molar-refractivity contribution in [3.05, 3.63) is 86.6 Å². The van der Waals surface area contributed by atoms with Crippen LogP contribution in [0, 0.1) is 20.8 Å². The van der Waals surface area contributed by atoms with E-state index in [0.29, 0.717) is 27.4 Å². The van der Waals surface area contributed by atoms with E-state index in [4.69, 9.17) is 16.0 Å². The SMILES string of the molecule is Cc1cc([C@@H](C)Nc2ccc(Cl)nc2C)c2oc(-c3cccnc3)c(C)c(=O)c2c1. The lowest BCUT2D eigenvalue weighted by molar-refractivity contribution is 0.605. The third-order valence-electron chi connectivity index (χ3n) is 5.21. The monoisotopic (exact) mass is 419 g/mol. The van der Waals surface area contributed by atoms with Crippen molar-refractivity contribution in [3.8, 4) is 11.3 Å². The minimum absolute atomic E-state index is 0.0309. The molecule has 152 valence electrons. The molecule has 0 aliphatic carbocycles. The van der Waals surface area contributed by atoms with Gasteiger partial charge < -0.3 is 9.73 Å². The maximum atomic E-state index is 13.2. The van der Waals surface area contributed by atoms with E-state index < -0.39 is 0 Å². The molecule has 0 aliphatic heterocycles. The van der Waals surface area contributed by atoms with Gasteiger partial charge in [0, 0.05) is 29.1 Å². The highest BCUT2D eigenvalue weighted by atomic mass is 35.5. The molecule has 5 nitrogen and oxygen atoms in total. The molecule has 1 N–H and O–H groups in total. The Morgan fingerprint density at radius 2 is 1.93 bits per heavy atom. The van der Waals surface area contributed by atoms with Crippen LogP contribution in [0.3, 0.4) is 0 Å². The minimum atomic E-state index is -0.123. The normalized spacial score (nSPS) is 12.2. The maximum Gasteiger partial charge on any atom is 0.196 e. The highest BCUT2D eigenvalue weighted by Crippen LogP contribution is 2.32. The molecule has 3 aromatic heterocycles. The molecule has 0 saturated carbocycles. The molecular weight excluding hydrogens is 398 g/mol. The number of hydrogen-bond acceptors (Lipinski definition) is 5. The van der Waals surface area contributed by atoms with Gasteiger partial charge in [0.2, 0.25) is 0 Å². The minimum Gasteiger partial charge on any atom is -0.455 e. The van der Waals surface area contributed by atoms with E-state index in [0.717, 1.165) is 28.1 Å². The second-order valence-electron chi connectivity index (χ2n) is 7.49. The van der Waals surface area contributed by atoms with Crippen molar-refractivity contribution in [1.82, 2.24) is 9.97 Å². The highest BCUT2D eigenvalue weighted by Gasteiger charge is 2.19. The van der Waals surface area contributed by atoms with Crippen molar-refractivity contribution in [2.24, 2.45) is 0 Å². The summed E-state index contributed by atoms with van der Waals surface area (Å²) in [7, 11) is 0. The van der Waals surface area contributed by atoms with Gasteiger partial charge in [-0.15, -0.1) is 0 Å². The molecule has 0 aliphatic rings. The second-order valence-corrected chi connectivity index (χ2v) is 7.88. The van der Waals surface area contributed by atoms with Crippen LogP contribution in [-0.2, 0) is 0 Å². The zero-order valence-electron chi connectivity index (χ0n) is 17.3. The van der Waals surface area contributed by atoms with Crippen LogP contribution in [0.4, 0.5) is 5.69 Å². The van der Waals surface area contributed by atoms with Crippen LogP contribution in [0.15, 0.2) is 58.0 Å². The van der Waals surface area contributed by atoms with Crippen LogP contribution >= 0.6 is 11.6 Å². The quantitative estimate of drug-likeness (QED) is 0.411. The average molecular weight is 420 g/mol. The van der Waals surface area contributed by atoms with E-state index in [1.54, 1.807) is 25.4 Å².